The molecule has 0 atom stereocenters. The normalized spacial score (nSPS) is 11.0. The molecule has 2 rings (SSSR count). The second-order valence-corrected chi connectivity index (χ2v) is 8.09. The van der Waals surface area contributed by atoms with Gasteiger partial charge in [0.2, 0.25) is 15.9 Å². The second-order valence-electron chi connectivity index (χ2n) is 5.74. The first-order valence-electron chi connectivity index (χ1n) is 7.81. The number of rotatable bonds is 7. The largest absolute Gasteiger partial charge is 0.326 e. The van der Waals surface area contributed by atoms with Gasteiger partial charge in [-0.2, -0.15) is 0 Å². The van der Waals surface area contributed by atoms with Gasteiger partial charge in [-0.25, -0.2) is 8.42 Å². The molecule has 0 aliphatic rings. The van der Waals surface area contributed by atoms with E-state index in [1.54, 1.807) is 48.5 Å². The first-order valence-corrected chi connectivity index (χ1v) is 10.0. The number of hydrogen-bond donors (Lipinski definition) is 1. The van der Waals surface area contributed by atoms with E-state index in [1.165, 1.54) is 6.92 Å². The second kappa shape index (κ2) is 8.33. The Balaban J connectivity index is 2.02. The van der Waals surface area contributed by atoms with Gasteiger partial charge in [-0.3, -0.25) is 13.9 Å². The number of nitrogens with zero attached hydrogens (tertiary/aromatic N) is 1. The van der Waals surface area contributed by atoms with E-state index < -0.39 is 10.0 Å². The van der Waals surface area contributed by atoms with E-state index in [4.69, 9.17) is 11.6 Å². The Morgan fingerprint density at radius 3 is 2.12 bits per heavy atom. The predicted octanol–water partition coefficient (Wildman–Crippen LogP) is 3.34. The maximum Gasteiger partial charge on any atom is 0.232 e. The summed E-state index contributed by atoms with van der Waals surface area (Å²) in [6, 6.07) is 12.8. The standard InChI is InChI=1S/C18H19ClN2O4S/c1-13(22)14-3-7-16(8-4-14)20-18(23)11-12-21(26(2,24)25)17-9-5-15(19)6-10-17/h3-10H,11-12H2,1-2H3,(H,20,23). The number of benzene rings is 2. The van der Waals surface area contributed by atoms with E-state index in [9.17, 15) is 18.0 Å². The molecular weight excluding hydrogens is 376 g/mol. The van der Waals surface area contributed by atoms with Crippen molar-refractivity contribution >= 4 is 44.7 Å². The zero-order valence-corrected chi connectivity index (χ0v) is 16.0. The molecule has 0 fully saturated rings. The Hall–Kier alpha value is -2.38. The summed E-state index contributed by atoms with van der Waals surface area (Å²) in [6.07, 6.45) is 1.06. The number of nitrogens with one attached hydrogen (secondary N) is 1. The molecule has 6 nitrogen and oxygen atoms in total. The Labute approximate surface area is 157 Å². The number of carbonyl (C=O) groups excluding carboxylic acids is 2. The van der Waals surface area contributed by atoms with Gasteiger partial charge < -0.3 is 5.32 Å². The van der Waals surface area contributed by atoms with Crippen LogP contribution in [0.3, 0.4) is 0 Å². The van der Waals surface area contributed by atoms with Crippen LogP contribution in [-0.4, -0.2) is 32.9 Å². The Kier molecular flexibility index (Phi) is 6.39. The summed E-state index contributed by atoms with van der Waals surface area (Å²) in [5.74, 6) is -0.391. The number of carbonyl (C=O) groups is 2. The van der Waals surface area contributed by atoms with Crippen molar-refractivity contribution in [2.75, 3.05) is 22.4 Å². The average Bonchev–Trinajstić information content (AvgIpc) is 2.56. The van der Waals surface area contributed by atoms with Crippen molar-refractivity contribution in [3.05, 3.63) is 59.1 Å². The number of halogens is 1. The van der Waals surface area contributed by atoms with Gasteiger partial charge in [-0.15, -0.1) is 0 Å². The highest BCUT2D eigenvalue weighted by molar-refractivity contribution is 7.92. The maximum absolute atomic E-state index is 12.1. The van der Waals surface area contributed by atoms with Crippen molar-refractivity contribution in [1.29, 1.82) is 0 Å². The summed E-state index contributed by atoms with van der Waals surface area (Å²) >= 11 is 5.83. The molecule has 0 saturated heterocycles. The number of hydrogen-bond acceptors (Lipinski definition) is 4. The average molecular weight is 395 g/mol. The van der Waals surface area contributed by atoms with Crippen molar-refractivity contribution < 1.29 is 18.0 Å². The summed E-state index contributed by atoms with van der Waals surface area (Å²) in [6.45, 7) is 1.46. The van der Waals surface area contributed by atoms with E-state index in [0.717, 1.165) is 10.6 Å². The molecule has 0 bridgehead atoms. The van der Waals surface area contributed by atoms with Crippen LogP contribution in [0.15, 0.2) is 48.5 Å². The van der Waals surface area contributed by atoms with Crippen LogP contribution in [0.4, 0.5) is 11.4 Å². The van der Waals surface area contributed by atoms with Gasteiger partial charge in [0.15, 0.2) is 5.78 Å². The molecular formula is C18H19ClN2O4S. The van der Waals surface area contributed by atoms with Gasteiger partial charge in [0, 0.05) is 29.2 Å². The van der Waals surface area contributed by atoms with Crippen molar-refractivity contribution in [2.45, 2.75) is 13.3 Å². The molecule has 0 unspecified atom stereocenters. The maximum atomic E-state index is 12.1. The Morgan fingerprint density at radius 2 is 1.62 bits per heavy atom. The highest BCUT2D eigenvalue weighted by Gasteiger charge is 2.18. The lowest BCUT2D eigenvalue weighted by atomic mass is 10.1. The smallest absolute Gasteiger partial charge is 0.232 e. The van der Waals surface area contributed by atoms with Gasteiger partial charge in [0.05, 0.1) is 11.9 Å². The molecule has 0 heterocycles. The topological polar surface area (TPSA) is 83.6 Å². The summed E-state index contributed by atoms with van der Waals surface area (Å²) in [4.78, 5) is 23.4. The molecule has 8 heteroatoms. The molecule has 0 saturated carbocycles. The molecule has 0 aromatic heterocycles. The summed E-state index contributed by atoms with van der Waals surface area (Å²) < 4.78 is 25.2. The van der Waals surface area contributed by atoms with Gasteiger partial charge in [0.1, 0.15) is 0 Å². The SMILES string of the molecule is CC(=O)c1ccc(NC(=O)CCN(c2ccc(Cl)cc2)S(C)(=O)=O)cc1. The van der Waals surface area contributed by atoms with Crippen LogP contribution >= 0.6 is 11.6 Å². The molecule has 0 aliphatic carbocycles. The molecule has 26 heavy (non-hydrogen) atoms. The van der Waals surface area contributed by atoms with E-state index in [1.807, 2.05) is 0 Å². The fourth-order valence-electron chi connectivity index (χ4n) is 2.31. The highest BCUT2D eigenvalue weighted by Crippen LogP contribution is 2.21. The predicted molar refractivity (Wildman–Crippen MR) is 103 cm³/mol. The lowest BCUT2D eigenvalue weighted by Crippen LogP contribution is -2.33. The van der Waals surface area contributed by atoms with Crippen LogP contribution in [0.1, 0.15) is 23.7 Å². The number of ketones is 1. The van der Waals surface area contributed by atoms with Gasteiger partial charge in [-0.05, 0) is 55.5 Å². The zero-order valence-electron chi connectivity index (χ0n) is 14.4. The van der Waals surface area contributed by atoms with Crippen molar-refractivity contribution in [2.24, 2.45) is 0 Å². The van der Waals surface area contributed by atoms with Crippen molar-refractivity contribution in [1.82, 2.24) is 0 Å². The lowest BCUT2D eigenvalue weighted by Gasteiger charge is -2.22. The minimum absolute atomic E-state index is 0.00215. The van der Waals surface area contributed by atoms with Gasteiger partial charge in [-0.1, -0.05) is 11.6 Å². The van der Waals surface area contributed by atoms with Crippen LogP contribution < -0.4 is 9.62 Å². The first kappa shape index (κ1) is 19.9. The number of amides is 1. The molecule has 0 spiro atoms. The third-order valence-electron chi connectivity index (χ3n) is 3.63. The minimum Gasteiger partial charge on any atom is -0.326 e. The third-order valence-corrected chi connectivity index (χ3v) is 5.08. The van der Waals surface area contributed by atoms with E-state index >= 15 is 0 Å². The molecule has 1 N–H and O–H groups in total. The Morgan fingerprint density at radius 1 is 1.04 bits per heavy atom. The van der Waals surface area contributed by atoms with Crippen LogP contribution in [0.25, 0.3) is 0 Å². The van der Waals surface area contributed by atoms with Gasteiger partial charge in [0.25, 0.3) is 0 Å². The number of Topliss-reactive ketones (excluding diaryl/α,β-unsaturated/α-hetero) is 1. The minimum atomic E-state index is -3.54. The van der Waals surface area contributed by atoms with E-state index in [0.29, 0.717) is 22.0 Å². The zero-order chi connectivity index (χ0) is 19.3. The number of sulfonamides is 1. The van der Waals surface area contributed by atoms with Gasteiger partial charge >= 0.3 is 0 Å². The quantitative estimate of drug-likeness (QED) is 0.730. The molecule has 1 amide bonds. The number of anilines is 2. The van der Waals surface area contributed by atoms with Crippen LogP contribution in [0, 0.1) is 0 Å². The lowest BCUT2D eigenvalue weighted by molar-refractivity contribution is -0.116. The molecule has 0 radical (unpaired) electrons. The van der Waals surface area contributed by atoms with Crippen molar-refractivity contribution in [3.8, 4) is 0 Å². The third kappa shape index (κ3) is 5.57. The Bertz CT molecular complexity index is 894. The highest BCUT2D eigenvalue weighted by atomic mass is 35.5. The monoisotopic (exact) mass is 394 g/mol. The van der Waals surface area contributed by atoms with Crippen molar-refractivity contribution in [3.63, 3.8) is 0 Å². The summed E-state index contributed by atoms with van der Waals surface area (Å²) in [5.41, 5.74) is 1.53. The van der Waals surface area contributed by atoms with Crippen LogP contribution in [-0.2, 0) is 14.8 Å². The van der Waals surface area contributed by atoms with E-state index in [2.05, 4.69) is 5.32 Å². The molecule has 0 aliphatic heterocycles. The fraction of sp³-hybridized carbons (Fsp3) is 0.222. The van der Waals surface area contributed by atoms with Crippen LogP contribution in [0.2, 0.25) is 5.02 Å². The first-order chi connectivity index (χ1) is 12.2. The molecule has 2 aromatic carbocycles. The summed E-state index contributed by atoms with van der Waals surface area (Å²) in [7, 11) is -3.54. The molecule has 2 aromatic rings. The van der Waals surface area contributed by atoms with E-state index in [-0.39, 0.29) is 24.7 Å². The summed E-state index contributed by atoms with van der Waals surface area (Å²) in [5, 5.41) is 3.18. The fourth-order valence-corrected chi connectivity index (χ4v) is 3.36. The molecule has 138 valence electrons. The van der Waals surface area contributed by atoms with Crippen LogP contribution in [0.5, 0.6) is 0 Å².